The van der Waals surface area contributed by atoms with E-state index < -0.39 is 11.5 Å². The zero-order valence-corrected chi connectivity index (χ0v) is 14.0. The van der Waals surface area contributed by atoms with Gasteiger partial charge < -0.3 is 14.3 Å². The Balaban J connectivity index is 2.12. The second-order valence-electron chi connectivity index (χ2n) is 5.82. The number of Topliss-reactive ketones (excluding diaryl/α,β-unsaturated/α-hetero) is 1. The third-order valence-corrected chi connectivity index (χ3v) is 4.29. The van der Waals surface area contributed by atoms with Crippen LogP contribution in [0.25, 0.3) is 11.0 Å². The summed E-state index contributed by atoms with van der Waals surface area (Å²) >= 11 is 0. The lowest BCUT2D eigenvalue weighted by Gasteiger charge is -2.17. The van der Waals surface area contributed by atoms with E-state index in [2.05, 4.69) is 0 Å². The van der Waals surface area contributed by atoms with E-state index in [1.807, 2.05) is 0 Å². The van der Waals surface area contributed by atoms with Crippen molar-refractivity contribution in [1.82, 2.24) is 0 Å². The number of ketones is 1. The van der Waals surface area contributed by atoms with Crippen molar-refractivity contribution in [3.8, 4) is 11.5 Å². The number of para-hydroxylation sites is 2. The minimum atomic E-state index is -0.641. The first-order chi connectivity index (χ1) is 12.0. The van der Waals surface area contributed by atoms with E-state index in [9.17, 15) is 14.7 Å². The predicted octanol–water partition coefficient (Wildman–Crippen LogP) is 3.42. The normalized spacial score (nSPS) is 12.1. The van der Waals surface area contributed by atoms with Crippen molar-refractivity contribution >= 4 is 16.8 Å². The highest BCUT2D eigenvalue weighted by atomic mass is 16.5. The van der Waals surface area contributed by atoms with E-state index in [0.29, 0.717) is 22.3 Å². The van der Waals surface area contributed by atoms with Gasteiger partial charge >= 0.3 is 5.63 Å². The topological polar surface area (TPSA) is 76.7 Å². The van der Waals surface area contributed by atoms with Gasteiger partial charge in [-0.25, -0.2) is 4.79 Å². The number of rotatable bonds is 5. The molecule has 1 aromatic heterocycles. The molecular weight excluding hydrogens is 320 g/mol. The van der Waals surface area contributed by atoms with Crippen LogP contribution in [-0.4, -0.2) is 18.0 Å². The van der Waals surface area contributed by atoms with Crippen LogP contribution in [0.1, 0.15) is 24.0 Å². The molecule has 0 bridgehead atoms. The monoisotopic (exact) mass is 338 g/mol. The van der Waals surface area contributed by atoms with Gasteiger partial charge in [0.1, 0.15) is 22.9 Å². The van der Waals surface area contributed by atoms with E-state index in [0.717, 1.165) is 0 Å². The molecule has 0 saturated heterocycles. The van der Waals surface area contributed by atoms with Crippen molar-refractivity contribution in [2.45, 2.75) is 19.3 Å². The number of carbonyl (C=O) groups is 1. The fraction of sp³-hybridized carbons (Fsp3) is 0.200. The van der Waals surface area contributed by atoms with Crippen LogP contribution in [0, 0.1) is 0 Å². The minimum absolute atomic E-state index is 0.0364. The third kappa shape index (κ3) is 3.13. The van der Waals surface area contributed by atoms with Gasteiger partial charge in [0.05, 0.1) is 24.0 Å². The third-order valence-electron chi connectivity index (χ3n) is 4.29. The number of ether oxygens (including phenoxy) is 1. The van der Waals surface area contributed by atoms with Crippen LogP contribution >= 0.6 is 0 Å². The SMILES string of the molecule is COc1ccccc1C(Cc1c(O)c2ccccc2oc1=O)C(C)=O. The summed E-state index contributed by atoms with van der Waals surface area (Å²) in [5.41, 5.74) is 0.428. The molecule has 3 aromatic rings. The molecule has 1 unspecified atom stereocenters. The summed E-state index contributed by atoms with van der Waals surface area (Å²) in [6.07, 6.45) is 0.0364. The maximum absolute atomic E-state index is 12.3. The average Bonchev–Trinajstić information content (AvgIpc) is 2.61. The Morgan fingerprint density at radius 1 is 1.16 bits per heavy atom. The van der Waals surface area contributed by atoms with E-state index in [4.69, 9.17) is 9.15 Å². The van der Waals surface area contributed by atoms with Crippen molar-refractivity contribution < 1.29 is 19.1 Å². The first-order valence-electron chi connectivity index (χ1n) is 7.90. The summed E-state index contributed by atoms with van der Waals surface area (Å²) < 4.78 is 10.6. The number of hydrogen-bond donors (Lipinski definition) is 1. The van der Waals surface area contributed by atoms with Crippen LogP contribution < -0.4 is 10.4 Å². The molecule has 0 amide bonds. The maximum Gasteiger partial charge on any atom is 0.343 e. The summed E-state index contributed by atoms with van der Waals surface area (Å²) in [4.78, 5) is 24.6. The molecule has 5 nitrogen and oxygen atoms in total. The molecule has 0 saturated carbocycles. The fourth-order valence-electron chi connectivity index (χ4n) is 2.98. The van der Waals surface area contributed by atoms with Crippen LogP contribution in [0.3, 0.4) is 0 Å². The molecule has 3 rings (SSSR count). The zero-order chi connectivity index (χ0) is 18.0. The summed E-state index contributed by atoms with van der Waals surface area (Å²) in [6, 6.07) is 13.9. The molecule has 0 fully saturated rings. The summed E-state index contributed by atoms with van der Waals surface area (Å²) in [5, 5.41) is 11.0. The van der Waals surface area contributed by atoms with Gasteiger partial charge in [-0.15, -0.1) is 0 Å². The molecule has 25 heavy (non-hydrogen) atoms. The molecule has 0 radical (unpaired) electrons. The van der Waals surface area contributed by atoms with E-state index >= 15 is 0 Å². The lowest BCUT2D eigenvalue weighted by atomic mass is 9.88. The Bertz CT molecular complexity index is 987. The number of hydrogen-bond acceptors (Lipinski definition) is 5. The average molecular weight is 338 g/mol. The van der Waals surface area contributed by atoms with Crippen LogP contribution in [0.5, 0.6) is 11.5 Å². The molecule has 0 aliphatic carbocycles. The first-order valence-corrected chi connectivity index (χ1v) is 7.90. The fourth-order valence-corrected chi connectivity index (χ4v) is 2.98. The van der Waals surface area contributed by atoms with Crippen molar-refractivity contribution in [3.63, 3.8) is 0 Å². The maximum atomic E-state index is 12.3. The predicted molar refractivity (Wildman–Crippen MR) is 94.3 cm³/mol. The van der Waals surface area contributed by atoms with Crippen LogP contribution in [0.15, 0.2) is 57.7 Å². The zero-order valence-electron chi connectivity index (χ0n) is 14.0. The molecule has 5 heteroatoms. The highest BCUT2D eigenvalue weighted by Crippen LogP contribution is 2.33. The molecule has 0 spiro atoms. The van der Waals surface area contributed by atoms with Crippen molar-refractivity contribution in [2.75, 3.05) is 7.11 Å². The standard InChI is InChI=1S/C20H18O5/c1-12(21)15(13-7-3-5-9-17(13)24-2)11-16-19(22)14-8-4-6-10-18(14)25-20(16)23/h3-10,15,22H,11H2,1-2H3. The highest BCUT2D eigenvalue weighted by molar-refractivity contribution is 5.86. The minimum Gasteiger partial charge on any atom is -0.507 e. The second kappa shape index (κ2) is 6.81. The molecular formula is C20H18O5. The summed E-state index contributed by atoms with van der Waals surface area (Å²) in [5.74, 6) is -0.331. The highest BCUT2D eigenvalue weighted by Gasteiger charge is 2.25. The van der Waals surface area contributed by atoms with Gasteiger partial charge in [-0.1, -0.05) is 30.3 Å². The van der Waals surface area contributed by atoms with E-state index in [-0.39, 0.29) is 23.5 Å². The van der Waals surface area contributed by atoms with E-state index in [1.54, 1.807) is 48.5 Å². The number of methoxy groups -OCH3 is 1. The van der Waals surface area contributed by atoms with Gasteiger partial charge in [-0.05, 0) is 31.5 Å². The molecule has 0 aliphatic rings. The van der Waals surface area contributed by atoms with Crippen LogP contribution in [0.2, 0.25) is 0 Å². The Labute approximate surface area is 144 Å². The molecule has 0 aliphatic heterocycles. The largest absolute Gasteiger partial charge is 0.507 e. The van der Waals surface area contributed by atoms with Gasteiger partial charge in [-0.2, -0.15) is 0 Å². The van der Waals surface area contributed by atoms with Gasteiger partial charge in [0.15, 0.2) is 0 Å². The molecule has 1 atom stereocenters. The number of carbonyl (C=O) groups excluding carboxylic acids is 1. The van der Waals surface area contributed by atoms with Crippen molar-refractivity contribution in [2.24, 2.45) is 0 Å². The second-order valence-corrected chi connectivity index (χ2v) is 5.82. The van der Waals surface area contributed by atoms with Gasteiger partial charge in [-0.3, -0.25) is 4.79 Å². The summed E-state index contributed by atoms with van der Waals surface area (Å²) in [7, 11) is 1.53. The Hall–Kier alpha value is -3.08. The number of fused-ring (bicyclic) bond motifs is 1. The number of aromatic hydroxyl groups is 1. The van der Waals surface area contributed by atoms with Crippen LogP contribution in [-0.2, 0) is 11.2 Å². The first kappa shape index (κ1) is 16.8. The Morgan fingerprint density at radius 3 is 2.56 bits per heavy atom. The molecule has 2 aromatic carbocycles. The summed E-state index contributed by atoms with van der Waals surface area (Å²) in [6.45, 7) is 1.46. The number of benzene rings is 2. The lowest BCUT2D eigenvalue weighted by molar-refractivity contribution is -0.118. The Morgan fingerprint density at radius 2 is 1.84 bits per heavy atom. The Kier molecular flexibility index (Phi) is 4.57. The van der Waals surface area contributed by atoms with Gasteiger partial charge in [0.25, 0.3) is 0 Å². The van der Waals surface area contributed by atoms with Crippen molar-refractivity contribution in [3.05, 3.63) is 70.1 Å². The van der Waals surface area contributed by atoms with Gasteiger partial charge in [0, 0.05) is 5.56 Å². The van der Waals surface area contributed by atoms with Crippen molar-refractivity contribution in [1.29, 1.82) is 0 Å². The molecule has 1 heterocycles. The van der Waals surface area contributed by atoms with Crippen LogP contribution in [0.4, 0.5) is 0 Å². The lowest BCUT2D eigenvalue weighted by Crippen LogP contribution is -2.18. The smallest absolute Gasteiger partial charge is 0.343 e. The quantitative estimate of drug-likeness (QED) is 0.721. The molecule has 128 valence electrons. The molecule has 1 N–H and O–H groups in total. The van der Waals surface area contributed by atoms with E-state index in [1.165, 1.54) is 14.0 Å². The van der Waals surface area contributed by atoms with Gasteiger partial charge in [0.2, 0.25) is 0 Å².